The second-order valence-corrected chi connectivity index (χ2v) is 7.97. The van der Waals surface area contributed by atoms with Gasteiger partial charge in [0.05, 0.1) is 13.2 Å². The van der Waals surface area contributed by atoms with Crippen LogP contribution >= 0.6 is 0 Å². The summed E-state index contributed by atoms with van der Waals surface area (Å²) in [5.74, 6) is 2.00. The molecule has 2 aliphatic rings. The Hall–Kier alpha value is -1.63. The van der Waals surface area contributed by atoms with Crippen molar-refractivity contribution >= 4 is 5.91 Å². The number of nitrogens with zero attached hydrogens (tertiary/aromatic N) is 1. The fraction of sp³-hybridized carbons (Fsp3) is 0.682. The summed E-state index contributed by atoms with van der Waals surface area (Å²) >= 11 is 0. The summed E-state index contributed by atoms with van der Waals surface area (Å²) in [5, 5.41) is 6.52. The van der Waals surface area contributed by atoms with Crippen LogP contribution in [0.15, 0.2) is 24.3 Å². The van der Waals surface area contributed by atoms with E-state index >= 15 is 0 Å². The second kappa shape index (κ2) is 11.4. The average Bonchev–Trinajstić information content (AvgIpc) is 2.74. The predicted octanol–water partition coefficient (Wildman–Crippen LogP) is 2.04. The van der Waals surface area contributed by atoms with Crippen LogP contribution in [0.1, 0.15) is 31.7 Å². The highest BCUT2D eigenvalue weighted by atomic mass is 16.5. The Kier molecular flexibility index (Phi) is 8.58. The maximum absolute atomic E-state index is 12.4. The van der Waals surface area contributed by atoms with Crippen LogP contribution in [0.25, 0.3) is 0 Å². The minimum absolute atomic E-state index is 0.126. The van der Waals surface area contributed by atoms with Crippen LogP contribution in [0.4, 0.5) is 0 Å². The van der Waals surface area contributed by atoms with Crippen molar-refractivity contribution < 1.29 is 14.3 Å². The molecule has 2 saturated heterocycles. The Labute approximate surface area is 169 Å². The van der Waals surface area contributed by atoms with Crippen LogP contribution in [-0.2, 0) is 16.1 Å². The molecule has 6 nitrogen and oxygen atoms in total. The molecule has 2 fully saturated rings. The van der Waals surface area contributed by atoms with E-state index in [4.69, 9.17) is 9.47 Å². The largest absolute Gasteiger partial charge is 0.492 e. The first-order valence-electron chi connectivity index (χ1n) is 10.7. The van der Waals surface area contributed by atoms with Crippen molar-refractivity contribution in [2.45, 2.75) is 32.7 Å². The van der Waals surface area contributed by atoms with Crippen molar-refractivity contribution in [3.8, 4) is 5.75 Å². The molecule has 2 atom stereocenters. The number of piperidine rings is 1. The number of carbonyl (C=O) groups is 1. The average molecular weight is 390 g/mol. The number of rotatable bonds is 9. The molecule has 28 heavy (non-hydrogen) atoms. The number of benzene rings is 1. The maximum Gasteiger partial charge on any atom is 0.220 e. The highest BCUT2D eigenvalue weighted by Crippen LogP contribution is 2.23. The Morgan fingerprint density at radius 3 is 2.96 bits per heavy atom. The van der Waals surface area contributed by atoms with E-state index in [1.165, 1.54) is 12.8 Å². The van der Waals surface area contributed by atoms with Crippen LogP contribution in [0.2, 0.25) is 0 Å². The lowest BCUT2D eigenvalue weighted by Crippen LogP contribution is -2.38. The molecule has 1 aromatic rings. The smallest absolute Gasteiger partial charge is 0.220 e. The lowest BCUT2D eigenvalue weighted by Gasteiger charge is -2.28. The molecule has 156 valence electrons. The molecule has 0 radical (unpaired) electrons. The van der Waals surface area contributed by atoms with Gasteiger partial charge in [-0.3, -0.25) is 9.69 Å². The van der Waals surface area contributed by atoms with Gasteiger partial charge in [0.25, 0.3) is 0 Å². The first-order chi connectivity index (χ1) is 13.7. The summed E-state index contributed by atoms with van der Waals surface area (Å²) in [6.07, 6.45) is 3.03. The number of nitrogens with one attached hydrogen (secondary N) is 2. The third kappa shape index (κ3) is 6.76. The summed E-state index contributed by atoms with van der Waals surface area (Å²) in [6, 6.07) is 7.98. The molecule has 0 bridgehead atoms. The molecule has 3 rings (SSSR count). The fourth-order valence-corrected chi connectivity index (χ4v) is 3.99. The number of ether oxygens (including phenoxy) is 2. The minimum Gasteiger partial charge on any atom is -0.492 e. The summed E-state index contributed by atoms with van der Waals surface area (Å²) in [5.41, 5.74) is 1.03. The third-order valence-electron chi connectivity index (χ3n) is 5.86. The zero-order valence-electron chi connectivity index (χ0n) is 17.1. The van der Waals surface area contributed by atoms with E-state index in [1.807, 2.05) is 24.3 Å². The van der Waals surface area contributed by atoms with Crippen LogP contribution < -0.4 is 15.4 Å². The highest BCUT2D eigenvalue weighted by Gasteiger charge is 2.22. The lowest BCUT2D eigenvalue weighted by molar-refractivity contribution is -0.122. The van der Waals surface area contributed by atoms with Crippen LogP contribution in [0.5, 0.6) is 5.75 Å². The van der Waals surface area contributed by atoms with Crippen molar-refractivity contribution in [3.63, 3.8) is 0 Å². The van der Waals surface area contributed by atoms with Crippen molar-refractivity contribution in [3.05, 3.63) is 29.8 Å². The van der Waals surface area contributed by atoms with Crippen molar-refractivity contribution in [2.24, 2.45) is 11.8 Å². The number of hydrogen-bond donors (Lipinski definition) is 2. The summed E-state index contributed by atoms with van der Waals surface area (Å²) in [7, 11) is 0. The van der Waals surface area contributed by atoms with Crippen LogP contribution in [0.3, 0.4) is 0 Å². The summed E-state index contributed by atoms with van der Waals surface area (Å²) in [6.45, 7) is 9.95. The molecule has 0 saturated carbocycles. The predicted molar refractivity (Wildman–Crippen MR) is 110 cm³/mol. The number of hydrogen-bond acceptors (Lipinski definition) is 5. The molecule has 2 unspecified atom stereocenters. The molecule has 6 heteroatoms. The highest BCUT2D eigenvalue weighted by molar-refractivity contribution is 5.76. The molecular formula is C22H35N3O3. The summed E-state index contributed by atoms with van der Waals surface area (Å²) < 4.78 is 11.4. The molecule has 0 spiro atoms. The van der Waals surface area contributed by atoms with E-state index in [9.17, 15) is 4.79 Å². The number of carbonyl (C=O) groups excluding carboxylic acids is 1. The number of morpholine rings is 1. The second-order valence-electron chi connectivity index (χ2n) is 7.97. The molecular weight excluding hydrogens is 354 g/mol. The van der Waals surface area contributed by atoms with Gasteiger partial charge in [0.1, 0.15) is 12.4 Å². The van der Waals surface area contributed by atoms with E-state index in [1.54, 1.807) is 0 Å². The minimum atomic E-state index is 0.126. The van der Waals surface area contributed by atoms with Gasteiger partial charge in [-0.1, -0.05) is 25.1 Å². The van der Waals surface area contributed by atoms with Crippen LogP contribution in [-0.4, -0.2) is 63.4 Å². The summed E-state index contributed by atoms with van der Waals surface area (Å²) in [4.78, 5) is 14.8. The third-order valence-corrected chi connectivity index (χ3v) is 5.86. The van der Waals surface area contributed by atoms with Crippen molar-refractivity contribution in [1.82, 2.24) is 15.5 Å². The van der Waals surface area contributed by atoms with Gasteiger partial charge in [0, 0.05) is 38.2 Å². The van der Waals surface area contributed by atoms with Gasteiger partial charge in [-0.15, -0.1) is 0 Å². The number of para-hydroxylation sites is 1. The van der Waals surface area contributed by atoms with Crippen molar-refractivity contribution in [2.75, 3.05) is 52.5 Å². The lowest BCUT2D eigenvalue weighted by atomic mass is 9.85. The van der Waals surface area contributed by atoms with Gasteiger partial charge in [-0.2, -0.15) is 0 Å². The Morgan fingerprint density at radius 2 is 2.18 bits per heavy atom. The van der Waals surface area contributed by atoms with Gasteiger partial charge in [-0.05, 0) is 43.8 Å². The molecule has 1 amide bonds. The number of amides is 1. The Bertz CT molecular complexity index is 598. The van der Waals surface area contributed by atoms with Gasteiger partial charge in [-0.25, -0.2) is 0 Å². The van der Waals surface area contributed by atoms with E-state index in [2.05, 4.69) is 22.5 Å². The van der Waals surface area contributed by atoms with E-state index in [0.29, 0.717) is 31.4 Å². The Balaban J connectivity index is 1.41. The zero-order chi connectivity index (χ0) is 19.6. The topological polar surface area (TPSA) is 62.8 Å². The van der Waals surface area contributed by atoms with Gasteiger partial charge >= 0.3 is 0 Å². The maximum atomic E-state index is 12.4. The Morgan fingerprint density at radius 1 is 1.36 bits per heavy atom. The molecule has 1 aromatic carbocycles. The quantitative estimate of drug-likeness (QED) is 0.677. The monoisotopic (exact) mass is 389 g/mol. The first-order valence-corrected chi connectivity index (χ1v) is 10.7. The standard InChI is InChI=1S/C22H35N3O3/c1-18(19-6-4-8-23-16-19)15-22(26)24-17-20-5-2-3-7-21(20)28-14-11-25-9-12-27-13-10-25/h2-3,5,7,18-19,23H,4,6,8-17H2,1H3,(H,24,26). The normalized spacial score (nSPS) is 21.8. The molecule has 2 aliphatic heterocycles. The van der Waals surface area contributed by atoms with E-state index in [-0.39, 0.29) is 5.91 Å². The van der Waals surface area contributed by atoms with E-state index in [0.717, 1.165) is 57.3 Å². The van der Waals surface area contributed by atoms with Gasteiger partial charge in [0.2, 0.25) is 5.91 Å². The molecule has 0 aliphatic carbocycles. The van der Waals surface area contributed by atoms with Gasteiger partial charge < -0.3 is 20.1 Å². The fourth-order valence-electron chi connectivity index (χ4n) is 3.99. The molecule has 0 aromatic heterocycles. The first kappa shape index (κ1) is 21.1. The van der Waals surface area contributed by atoms with Gasteiger partial charge in [0.15, 0.2) is 0 Å². The van der Waals surface area contributed by atoms with Crippen molar-refractivity contribution in [1.29, 1.82) is 0 Å². The zero-order valence-corrected chi connectivity index (χ0v) is 17.1. The van der Waals surface area contributed by atoms with Crippen LogP contribution in [0, 0.1) is 11.8 Å². The molecule has 2 heterocycles. The van der Waals surface area contributed by atoms with E-state index < -0.39 is 0 Å². The SMILES string of the molecule is CC(CC(=O)NCc1ccccc1OCCN1CCOCC1)C1CCCNC1. The molecule has 2 N–H and O–H groups in total.